The van der Waals surface area contributed by atoms with E-state index in [0.717, 1.165) is 22.4 Å². The number of hydrogen-bond donors (Lipinski definition) is 0. The summed E-state index contributed by atoms with van der Waals surface area (Å²) in [4.78, 5) is 0. The first kappa shape index (κ1) is 13.1. The van der Waals surface area contributed by atoms with E-state index in [-0.39, 0.29) is 5.56 Å². The lowest BCUT2D eigenvalue weighted by atomic mass is 10.1. The molecule has 0 N–H and O–H groups in total. The first-order chi connectivity index (χ1) is 9.10. The quantitative estimate of drug-likeness (QED) is 0.833. The summed E-state index contributed by atoms with van der Waals surface area (Å²) in [5.74, 6) is 0.306. The summed E-state index contributed by atoms with van der Waals surface area (Å²) < 4.78 is 18.9. The second kappa shape index (κ2) is 5.53. The van der Waals surface area contributed by atoms with E-state index in [1.165, 1.54) is 12.1 Å². The average molecular weight is 255 g/mol. The maximum absolute atomic E-state index is 13.2. The summed E-state index contributed by atoms with van der Waals surface area (Å²) in [6, 6.07) is 12.2. The Morgan fingerprint density at radius 2 is 1.95 bits per heavy atom. The van der Waals surface area contributed by atoms with Crippen LogP contribution >= 0.6 is 0 Å². The molecule has 2 rings (SSSR count). The molecule has 0 saturated heterocycles. The molecule has 96 valence electrons. The fraction of sp³-hybridized carbons (Fsp3) is 0.188. The topological polar surface area (TPSA) is 33.0 Å². The summed E-state index contributed by atoms with van der Waals surface area (Å²) in [6.07, 6.45) is 0. The normalized spacial score (nSPS) is 10.0. The number of benzene rings is 2. The molecule has 0 atom stereocenters. The number of rotatable bonds is 3. The second-order valence-electron chi connectivity index (χ2n) is 4.48. The molecule has 2 aromatic carbocycles. The third kappa shape index (κ3) is 3.11. The Kier molecular flexibility index (Phi) is 3.82. The van der Waals surface area contributed by atoms with Gasteiger partial charge in [-0.25, -0.2) is 4.39 Å². The van der Waals surface area contributed by atoms with Crippen molar-refractivity contribution < 1.29 is 9.13 Å². The van der Waals surface area contributed by atoms with Crippen LogP contribution in [0.4, 0.5) is 4.39 Å². The Labute approximate surface area is 112 Å². The Balaban J connectivity index is 2.15. The highest BCUT2D eigenvalue weighted by molar-refractivity contribution is 5.37. The third-order valence-electron chi connectivity index (χ3n) is 2.89. The fourth-order valence-electron chi connectivity index (χ4n) is 1.77. The van der Waals surface area contributed by atoms with Crippen molar-refractivity contribution in [3.05, 3.63) is 64.5 Å². The van der Waals surface area contributed by atoms with Crippen LogP contribution in [0.1, 0.15) is 22.3 Å². The van der Waals surface area contributed by atoms with Crippen LogP contribution in [0.2, 0.25) is 0 Å². The maximum atomic E-state index is 13.2. The minimum absolute atomic E-state index is 0.0436. The van der Waals surface area contributed by atoms with Crippen molar-refractivity contribution >= 4 is 0 Å². The minimum atomic E-state index is -0.502. The van der Waals surface area contributed by atoms with Gasteiger partial charge in [-0.05, 0) is 48.7 Å². The molecule has 0 aromatic heterocycles. The van der Waals surface area contributed by atoms with Gasteiger partial charge in [-0.3, -0.25) is 0 Å². The summed E-state index contributed by atoms with van der Waals surface area (Å²) in [6.45, 7) is 4.29. The number of nitrogens with zero attached hydrogens (tertiary/aromatic N) is 1. The number of halogens is 1. The Morgan fingerprint density at radius 3 is 2.68 bits per heavy atom. The number of hydrogen-bond acceptors (Lipinski definition) is 2. The fourth-order valence-corrected chi connectivity index (χ4v) is 1.77. The molecule has 0 radical (unpaired) electrons. The molecular formula is C16H14FNO. The van der Waals surface area contributed by atoms with Crippen molar-refractivity contribution in [2.24, 2.45) is 0 Å². The lowest BCUT2D eigenvalue weighted by molar-refractivity contribution is 0.303. The summed E-state index contributed by atoms with van der Waals surface area (Å²) in [7, 11) is 0. The first-order valence-electron chi connectivity index (χ1n) is 5.99. The minimum Gasteiger partial charge on any atom is -0.489 e. The van der Waals surface area contributed by atoms with E-state index in [0.29, 0.717) is 6.61 Å². The predicted octanol–water partition coefficient (Wildman–Crippen LogP) is 3.89. The molecule has 0 unspecified atom stereocenters. The highest BCUT2D eigenvalue weighted by Crippen LogP contribution is 2.20. The van der Waals surface area contributed by atoms with Crippen LogP contribution in [-0.2, 0) is 6.61 Å². The molecule has 0 saturated carbocycles. The summed E-state index contributed by atoms with van der Waals surface area (Å²) in [5, 5.41) is 8.78. The summed E-state index contributed by atoms with van der Waals surface area (Å²) in [5.41, 5.74) is 2.99. The van der Waals surface area contributed by atoms with Gasteiger partial charge in [0.1, 0.15) is 24.2 Å². The lowest BCUT2D eigenvalue weighted by Crippen LogP contribution is -1.98. The zero-order valence-electron chi connectivity index (χ0n) is 10.9. The van der Waals surface area contributed by atoms with Crippen molar-refractivity contribution in [1.82, 2.24) is 0 Å². The largest absolute Gasteiger partial charge is 0.489 e. The van der Waals surface area contributed by atoms with E-state index >= 15 is 0 Å². The molecule has 2 aromatic rings. The molecule has 0 heterocycles. The number of nitriles is 1. The van der Waals surface area contributed by atoms with E-state index in [2.05, 4.69) is 0 Å². The molecule has 0 bridgehead atoms. The molecule has 0 amide bonds. The maximum Gasteiger partial charge on any atom is 0.140 e. The van der Waals surface area contributed by atoms with Gasteiger partial charge < -0.3 is 4.74 Å². The van der Waals surface area contributed by atoms with Crippen molar-refractivity contribution in [2.75, 3.05) is 0 Å². The van der Waals surface area contributed by atoms with Crippen LogP contribution in [0.5, 0.6) is 5.75 Å². The lowest BCUT2D eigenvalue weighted by Gasteiger charge is -2.10. The van der Waals surface area contributed by atoms with Crippen LogP contribution in [0.3, 0.4) is 0 Å². The van der Waals surface area contributed by atoms with Gasteiger partial charge in [0.25, 0.3) is 0 Å². The monoisotopic (exact) mass is 255 g/mol. The first-order valence-corrected chi connectivity index (χ1v) is 5.99. The predicted molar refractivity (Wildman–Crippen MR) is 71.4 cm³/mol. The highest BCUT2D eigenvalue weighted by atomic mass is 19.1. The number of ether oxygens (including phenoxy) is 1. The van der Waals surface area contributed by atoms with Crippen LogP contribution in [0, 0.1) is 31.0 Å². The molecule has 0 fully saturated rings. The van der Waals surface area contributed by atoms with Gasteiger partial charge in [-0.15, -0.1) is 0 Å². The van der Waals surface area contributed by atoms with E-state index in [4.69, 9.17) is 10.00 Å². The number of aryl methyl sites for hydroxylation is 2. The summed E-state index contributed by atoms with van der Waals surface area (Å²) >= 11 is 0. The van der Waals surface area contributed by atoms with Crippen molar-refractivity contribution in [2.45, 2.75) is 20.5 Å². The van der Waals surface area contributed by atoms with Crippen molar-refractivity contribution in [3.8, 4) is 11.8 Å². The van der Waals surface area contributed by atoms with E-state index < -0.39 is 5.82 Å². The zero-order valence-corrected chi connectivity index (χ0v) is 10.9. The molecule has 0 spiro atoms. The zero-order chi connectivity index (χ0) is 13.8. The molecular weight excluding hydrogens is 241 g/mol. The molecule has 0 aliphatic rings. The van der Waals surface area contributed by atoms with Crippen molar-refractivity contribution in [1.29, 1.82) is 5.26 Å². The van der Waals surface area contributed by atoms with Gasteiger partial charge in [0.05, 0.1) is 5.56 Å². The van der Waals surface area contributed by atoms with Gasteiger partial charge in [-0.1, -0.05) is 18.2 Å². The van der Waals surface area contributed by atoms with Gasteiger partial charge in [0.15, 0.2) is 0 Å². The SMILES string of the molecule is Cc1ccc(C)c(OCc2ccc(F)c(C#N)c2)c1. The molecule has 0 aliphatic carbocycles. The van der Waals surface area contributed by atoms with Gasteiger partial charge in [-0.2, -0.15) is 5.26 Å². The Hall–Kier alpha value is -2.34. The van der Waals surface area contributed by atoms with Gasteiger partial charge in [0.2, 0.25) is 0 Å². The average Bonchev–Trinajstić information content (AvgIpc) is 2.41. The van der Waals surface area contributed by atoms with E-state index in [9.17, 15) is 4.39 Å². The van der Waals surface area contributed by atoms with Gasteiger partial charge >= 0.3 is 0 Å². The second-order valence-corrected chi connectivity index (χ2v) is 4.48. The molecule has 19 heavy (non-hydrogen) atoms. The molecule has 0 aliphatic heterocycles. The van der Waals surface area contributed by atoms with Crippen LogP contribution in [-0.4, -0.2) is 0 Å². The highest BCUT2D eigenvalue weighted by Gasteiger charge is 2.05. The Morgan fingerprint density at radius 1 is 1.16 bits per heavy atom. The van der Waals surface area contributed by atoms with E-state index in [1.807, 2.05) is 38.1 Å². The van der Waals surface area contributed by atoms with Gasteiger partial charge in [0, 0.05) is 0 Å². The molecule has 3 heteroatoms. The van der Waals surface area contributed by atoms with Crippen LogP contribution in [0.25, 0.3) is 0 Å². The standard InChI is InChI=1S/C16H14FNO/c1-11-3-4-12(2)16(7-11)19-10-13-5-6-15(17)14(8-13)9-18/h3-8H,10H2,1-2H3. The van der Waals surface area contributed by atoms with Crippen LogP contribution in [0.15, 0.2) is 36.4 Å². The Bertz CT molecular complexity index is 644. The van der Waals surface area contributed by atoms with Crippen LogP contribution < -0.4 is 4.74 Å². The van der Waals surface area contributed by atoms with E-state index in [1.54, 1.807) is 6.07 Å². The molecule has 2 nitrogen and oxygen atoms in total. The smallest absolute Gasteiger partial charge is 0.140 e. The van der Waals surface area contributed by atoms with Crippen molar-refractivity contribution in [3.63, 3.8) is 0 Å². The third-order valence-corrected chi connectivity index (χ3v) is 2.89.